The lowest BCUT2D eigenvalue weighted by Gasteiger charge is -2.09. The molecule has 2 N–H and O–H groups in total. The molecule has 116 valence electrons. The van der Waals surface area contributed by atoms with Crippen molar-refractivity contribution >= 4 is 34.8 Å². The van der Waals surface area contributed by atoms with Crippen LogP contribution in [0.1, 0.15) is 16.1 Å². The number of para-hydroxylation sites is 1. The molecule has 3 rings (SSSR count). The van der Waals surface area contributed by atoms with E-state index in [2.05, 4.69) is 10.3 Å². The normalized spacial score (nSPS) is 10.7. The summed E-state index contributed by atoms with van der Waals surface area (Å²) in [6.45, 7) is 0. The van der Waals surface area contributed by atoms with Gasteiger partial charge in [-0.2, -0.15) is 0 Å². The van der Waals surface area contributed by atoms with Gasteiger partial charge in [0.15, 0.2) is 10.8 Å². The zero-order chi connectivity index (χ0) is 16.4. The molecule has 0 unspecified atom stereocenters. The van der Waals surface area contributed by atoms with E-state index in [1.165, 1.54) is 0 Å². The van der Waals surface area contributed by atoms with Gasteiger partial charge in [-0.1, -0.05) is 35.9 Å². The first-order chi connectivity index (χ1) is 11.1. The van der Waals surface area contributed by atoms with Crippen LogP contribution < -0.4 is 5.32 Å². The maximum absolute atomic E-state index is 12.5. The van der Waals surface area contributed by atoms with Crippen molar-refractivity contribution in [2.24, 2.45) is 0 Å². The number of hydrogen-bond acceptors (Lipinski definition) is 3. The highest BCUT2D eigenvalue weighted by molar-refractivity contribution is 6.33. The smallest absolute Gasteiger partial charge is 0.307 e. The van der Waals surface area contributed by atoms with Crippen molar-refractivity contribution in [3.05, 3.63) is 65.1 Å². The zero-order valence-corrected chi connectivity index (χ0v) is 12.6. The second-order valence-electron chi connectivity index (χ2n) is 4.86. The number of aromatic nitrogens is 2. The molecule has 0 atom stereocenters. The Morgan fingerprint density at radius 3 is 2.70 bits per heavy atom. The minimum atomic E-state index is -0.973. The van der Waals surface area contributed by atoms with E-state index in [1.807, 2.05) is 0 Å². The summed E-state index contributed by atoms with van der Waals surface area (Å²) in [5.41, 5.74) is 1.70. The van der Waals surface area contributed by atoms with Crippen molar-refractivity contribution < 1.29 is 14.7 Å². The molecule has 3 aromatic rings. The fourth-order valence-corrected chi connectivity index (χ4v) is 2.57. The van der Waals surface area contributed by atoms with Gasteiger partial charge in [0, 0.05) is 11.9 Å². The van der Waals surface area contributed by atoms with Crippen LogP contribution in [0.5, 0.6) is 0 Å². The third kappa shape index (κ3) is 3.02. The van der Waals surface area contributed by atoms with Crippen LogP contribution in [0.15, 0.2) is 48.7 Å². The Hall–Kier alpha value is -2.86. The molecule has 2 aromatic heterocycles. The Bertz CT molecular complexity index is 904. The summed E-state index contributed by atoms with van der Waals surface area (Å²) in [5.74, 6) is -1.42. The number of pyridine rings is 1. The Morgan fingerprint density at radius 1 is 1.17 bits per heavy atom. The molecule has 0 spiro atoms. The predicted octanol–water partition coefficient (Wildman–Crippen LogP) is 2.87. The van der Waals surface area contributed by atoms with E-state index in [4.69, 9.17) is 16.7 Å². The molecule has 7 heteroatoms. The van der Waals surface area contributed by atoms with Crippen LogP contribution in [0.4, 0.5) is 5.69 Å². The number of carbonyl (C=O) groups excluding carboxylic acids is 1. The number of amides is 1. The molecule has 6 nitrogen and oxygen atoms in total. The third-order valence-corrected chi connectivity index (χ3v) is 3.57. The van der Waals surface area contributed by atoms with Gasteiger partial charge in [0.2, 0.25) is 0 Å². The van der Waals surface area contributed by atoms with E-state index < -0.39 is 11.9 Å². The Morgan fingerprint density at radius 2 is 1.91 bits per heavy atom. The van der Waals surface area contributed by atoms with Crippen molar-refractivity contribution in [3.63, 3.8) is 0 Å². The quantitative estimate of drug-likeness (QED) is 0.771. The van der Waals surface area contributed by atoms with E-state index in [-0.39, 0.29) is 17.3 Å². The largest absolute Gasteiger partial charge is 0.481 e. The fraction of sp³-hybridized carbons (Fsp3) is 0.0625. The standard InChI is InChI=1S/C16H12ClN3O3/c17-15-14(20-8-4-3-7-12(20)19-15)16(23)18-11-6-2-1-5-10(11)9-13(21)22/h1-8H,9H2,(H,18,23)(H,21,22). The highest BCUT2D eigenvalue weighted by Gasteiger charge is 2.19. The molecule has 1 aromatic carbocycles. The first-order valence-electron chi connectivity index (χ1n) is 6.80. The van der Waals surface area contributed by atoms with Crippen molar-refractivity contribution in [2.45, 2.75) is 6.42 Å². The lowest BCUT2D eigenvalue weighted by atomic mass is 10.1. The van der Waals surface area contributed by atoms with Crippen molar-refractivity contribution in [2.75, 3.05) is 5.32 Å². The molecule has 1 amide bonds. The molecule has 2 heterocycles. The lowest BCUT2D eigenvalue weighted by molar-refractivity contribution is -0.136. The maximum Gasteiger partial charge on any atom is 0.307 e. The van der Waals surface area contributed by atoms with Gasteiger partial charge >= 0.3 is 5.97 Å². The van der Waals surface area contributed by atoms with Crippen molar-refractivity contribution in [1.29, 1.82) is 0 Å². The van der Waals surface area contributed by atoms with Crippen LogP contribution in [0.25, 0.3) is 5.65 Å². The van der Waals surface area contributed by atoms with Gasteiger partial charge in [-0.05, 0) is 23.8 Å². The number of halogens is 1. The molecule has 0 fully saturated rings. The van der Waals surface area contributed by atoms with E-state index in [9.17, 15) is 9.59 Å². The second-order valence-corrected chi connectivity index (χ2v) is 5.22. The Labute approximate surface area is 136 Å². The van der Waals surface area contributed by atoms with Gasteiger partial charge in [-0.3, -0.25) is 14.0 Å². The monoisotopic (exact) mass is 329 g/mol. The predicted molar refractivity (Wildman–Crippen MR) is 85.9 cm³/mol. The van der Waals surface area contributed by atoms with Crippen LogP contribution >= 0.6 is 11.6 Å². The van der Waals surface area contributed by atoms with Crippen LogP contribution in [0, 0.1) is 0 Å². The number of benzene rings is 1. The molecular weight excluding hydrogens is 318 g/mol. The minimum absolute atomic E-state index is 0.0874. The number of nitrogens with zero attached hydrogens (tertiary/aromatic N) is 2. The average Bonchev–Trinajstić information content (AvgIpc) is 2.84. The molecule has 0 aliphatic heterocycles. The van der Waals surface area contributed by atoms with Crippen LogP contribution in [0.3, 0.4) is 0 Å². The van der Waals surface area contributed by atoms with Gasteiger partial charge < -0.3 is 10.4 Å². The molecule has 0 saturated heterocycles. The van der Waals surface area contributed by atoms with Gasteiger partial charge in [0.05, 0.1) is 6.42 Å². The molecule has 23 heavy (non-hydrogen) atoms. The summed E-state index contributed by atoms with van der Waals surface area (Å²) >= 11 is 6.07. The topological polar surface area (TPSA) is 83.7 Å². The second kappa shape index (κ2) is 6.10. The van der Waals surface area contributed by atoms with Crippen molar-refractivity contribution in [1.82, 2.24) is 9.38 Å². The molecular formula is C16H12ClN3O3. The molecule has 0 radical (unpaired) electrons. The summed E-state index contributed by atoms with van der Waals surface area (Å²) in [6, 6.07) is 12.0. The van der Waals surface area contributed by atoms with Crippen molar-refractivity contribution in [3.8, 4) is 0 Å². The van der Waals surface area contributed by atoms with Crippen LogP contribution in [-0.4, -0.2) is 26.4 Å². The first kappa shape index (κ1) is 15.1. The summed E-state index contributed by atoms with van der Waals surface area (Å²) in [7, 11) is 0. The maximum atomic E-state index is 12.5. The first-order valence-corrected chi connectivity index (χ1v) is 7.17. The zero-order valence-electron chi connectivity index (χ0n) is 11.9. The molecule has 0 saturated carbocycles. The van der Waals surface area contributed by atoms with E-state index in [1.54, 1.807) is 53.1 Å². The van der Waals surface area contributed by atoms with Gasteiger partial charge in [0.25, 0.3) is 5.91 Å². The Balaban J connectivity index is 1.96. The van der Waals surface area contributed by atoms with E-state index in [0.717, 1.165) is 0 Å². The Kier molecular flexibility index (Phi) is 3.99. The fourth-order valence-electron chi connectivity index (χ4n) is 2.31. The van der Waals surface area contributed by atoms with Crippen LogP contribution in [0.2, 0.25) is 5.15 Å². The average molecular weight is 330 g/mol. The summed E-state index contributed by atoms with van der Waals surface area (Å²) in [4.78, 5) is 27.6. The van der Waals surface area contributed by atoms with Gasteiger partial charge in [0.1, 0.15) is 5.65 Å². The summed E-state index contributed by atoms with van der Waals surface area (Å²) in [6.07, 6.45) is 1.50. The lowest BCUT2D eigenvalue weighted by Crippen LogP contribution is -2.16. The van der Waals surface area contributed by atoms with Crippen LogP contribution in [-0.2, 0) is 11.2 Å². The van der Waals surface area contributed by atoms with Gasteiger partial charge in [-0.25, -0.2) is 4.98 Å². The summed E-state index contributed by atoms with van der Waals surface area (Å²) in [5, 5.41) is 11.7. The highest BCUT2D eigenvalue weighted by Crippen LogP contribution is 2.21. The number of rotatable bonds is 4. The number of carboxylic acid groups (broad SMARTS) is 1. The number of carboxylic acids is 1. The number of aliphatic carboxylic acids is 1. The highest BCUT2D eigenvalue weighted by atomic mass is 35.5. The van der Waals surface area contributed by atoms with E-state index >= 15 is 0 Å². The molecule has 0 aliphatic carbocycles. The third-order valence-electron chi connectivity index (χ3n) is 3.31. The molecule has 0 aliphatic rings. The number of nitrogens with one attached hydrogen (secondary N) is 1. The number of fused-ring (bicyclic) bond motifs is 1. The van der Waals surface area contributed by atoms with E-state index in [0.29, 0.717) is 16.9 Å². The number of carbonyl (C=O) groups is 2. The SMILES string of the molecule is O=C(O)Cc1ccccc1NC(=O)c1c(Cl)nc2ccccn12. The van der Waals surface area contributed by atoms with Gasteiger partial charge in [-0.15, -0.1) is 0 Å². The molecule has 0 bridgehead atoms. The summed E-state index contributed by atoms with van der Waals surface area (Å²) < 4.78 is 1.58. The minimum Gasteiger partial charge on any atom is -0.481 e. The number of imidazole rings is 1. The number of hydrogen-bond donors (Lipinski definition) is 2. The number of anilines is 1.